The Morgan fingerprint density at radius 1 is 1.00 bits per heavy atom. The first kappa shape index (κ1) is 15.4. The third-order valence-corrected chi connectivity index (χ3v) is 3.20. The lowest BCUT2D eigenvalue weighted by atomic mass is 10.2. The lowest BCUT2D eigenvalue weighted by Gasteiger charge is -2.03. The molecule has 24 heavy (non-hydrogen) atoms. The number of rotatable bonds is 5. The van der Waals surface area contributed by atoms with Gasteiger partial charge < -0.3 is 19.3 Å². The van der Waals surface area contributed by atoms with Crippen molar-refractivity contribution in [1.29, 1.82) is 0 Å². The van der Waals surface area contributed by atoms with Crippen molar-refractivity contribution in [3.05, 3.63) is 78.1 Å². The first-order chi connectivity index (χ1) is 11.6. The number of carboxylic acid groups (broad SMARTS) is 1. The van der Waals surface area contributed by atoms with Gasteiger partial charge in [0.15, 0.2) is 5.76 Å². The van der Waals surface area contributed by atoms with Crippen molar-refractivity contribution in [2.75, 3.05) is 0 Å². The largest absolute Gasteiger partial charge is 0.477 e. The zero-order chi connectivity index (χ0) is 16.9. The summed E-state index contributed by atoms with van der Waals surface area (Å²) in [6.45, 7) is 0. The molecule has 1 aromatic carbocycles. The molecule has 0 unspecified atom stereocenters. The van der Waals surface area contributed by atoms with Crippen molar-refractivity contribution in [3.63, 3.8) is 0 Å². The van der Waals surface area contributed by atoms with E-state index < -0.39 is 11.9 Å². The maximum absolute atomic E-state index is 11.9. The number of furan rings is 2. The Labute approximate surface area is 137 Å². The molecule has 0 aliphatic rings. The van der Waals surface area contributed by atoms with Crippen LogP contribution < -0.4 is 5.32 Å². The number of aliphatic carboxylic acids is 1. The molecule has 120 valence electrons. The van der Waals surface area contributed by atoms with E-state index >= 15 is 0 Å². The summed E-state index contributed by atoms with van der Waals surface area (Å²) in [6.07, 6.45) is 2.58. The quantitative estimate of drug-likeness (QED) is 0.702. The number of amides is 1. The van der Waals surface area contributed by atoms with E-state index in [-0.39, 0.29) is 11.5 Å². The number of carbonyl (C=O) groups excluding carboxylic acids is 1. The summed E-state index contributed by atoms with van der Waals surface area (Å²) in [5.41, 5.74) is 0.555. The Balaban J connectivity index is 1.83. The van der Waals surface area contributed by atoms with Gasteiger partial charge in [0.05, 0.1) is 6.26 Å². The second-order valence-corrected chi connectivity index (χ2v) is 4.86. The van der Waals surface area contributed by atoms with E-state index in [1.165, 1.54) is 24.5 Å². The van der Waals surface area contributed by atoms with Crippen LogP contribution in [-0.2, 0) is 4.79 Å². The molecule has 0 bridgehead atoms. The summed E-state index contributed by atoms with van der Waals surface area (Å²) in [4.78, 5) is 23.2. The van der Waals surface area contributed by atoms with Gasteiger partial charge in [-0.3, -0.25) is 4.79 Å². The molecule has 0 aliphatic heterocycles. The van der Waals surface area contributed by atoms with E-state index in [1.54, 1.807) is 12.1 Å². The van der Waals surface area contributed by atoms with Crippen molar-refractivity contribution < 1.29 is 23.5 Å². The van der Waals surface area contributed by atoms with E-state index in [1.807, 2.05) is 30.3 Å². The second-order valence-electron chi connectivity index (χ2n) is 4.86. The monoisotopic (exact) mass is 323 g/mol. The Morgan fingerprint density at radius 3 is 2.46 bits per heavy atom. The van der Waals surface area contributed by atoms with Crippen LogP contribution in [0.5, 0.6) is 0 Å². The van der Waals surface area contributed by atoms with E-state index in [2.05, 4.69) is 5.32 Å². The Kier molecular flexibility index (Phi) is 4.29. The third-order valence-electron chi connectivity index (χ3n) is 3.20. The maximum Gasteiger partial charge on any atom is 0.352 e. The van der Waals surface area contributed by atoms with Crippen LogP contribution in [0.4, 0.5) is 0 Å². The van der Waals surface area contributed by atoms with Gasteiger partial charge in [-0.25, -0.2) is 4.79 Å². The molecule has 0 spiro atoms. The molecule has 0 atom stereocenters. The fourth-order valence-electron chi connectivity index (χ4n) is 2.07. The van der Waals surface area contributed by atoms with Crippen LogP contribution in [0.25, 0.3) is 17.4 Å². The average Bonchev–Trinajstić information content (AvgIpc) is 3.27. The van der Waals surface area contributed by atoms with Gasteiger partial charge >= 0.3 is 5.97 Å². The molecule has 2 aromatic heterocycles. The second kappa shape index (κ2) is 6.70. The van der Waals surface area contributed by atoms with E-state index in [4.69, 9.17) is 8.83 Å². The number of hydrogen-bond donors (Lipinski definition) is 2. The molecule has 0 fully saturated rings. The highest BCUT2D eigenvalue weighted by atomic mass is 16.4. The molecule has 2 heterocycles. The third kappa shape index (κ3) is 3.44. The molecule has 6 heteroatoms. The van der Waals surface area contributed by atoms with Crippen molar-refractivity contribution in [2.45, 2.75) is 0 Å². The van der Waals surface area contributed by atoms with Gasteiger partial charge in [0.2, 0.25) is 0 Å². The molecule has 0 aliphatic carbocycles. The molecule has 0 saturated carbocycles. The molecule has 0 radical (unpaired) electrons. The SMILES string of the molecule is O=C(O)/C(=C\c1ccc(-c2ccccc2)o1)NC(=O)c1ccco1. The Hall–Kier alpha value is -3.54. The first-order valence-corrected chi connectivity index (χ1v) is 7.08. The first-order valence-electron chi connectivity index (χ1n) is 7.08. The minimum Gasteiger partial charge on any atom is -0.477 e. The van der Waals surface area contributed by atoms with E-state index in [9.17, 15) is 14.7 Å². The zero-order valence-corrected chi connectivity index (χ0v) is 12.4. The molecule has 6 nitrogen and oxygen atoms in total. The van der Waals surface area contributed by atoms with Gasteiger partial charge in [-0.1, -0.05) is 30.3 Å². The molecule has 2 N–H and O–H groups in total. The van der Waals surface area contributed by atoms with Crippen LogP contribution in [0, 0.1) is 0 Å². The normalized spacial score (nSPS) is 11.2. The lowest BCUT2D eigenvalue weighted by Crippen LogP contribution is -2.26. The van der Waals surface area contributed by atoms with Crippen LogP contribution >= 0.6 is 0 Å². The minimum absolute atomic E-state index is 0.0200. The Bertz CT molecular complexity index is 875. The van der Waals surface area contributed by atoms with Crippen LogP contribution in [0.1, 0.15) is 16.3 Å². The molecule has 3 aromatic rings. The van der Waals surface area contributed by atoms with E-state index in [0.717, 1.165) is 5.56 Å². The predicted molar refractivity (Wildman–Crippen MR) is 85.9 cm³/mol. The number of nitrogens with one attached hydrogen (secondary N) is 1. The Morgan fingerprint density at radius 2 is 1.79 bits per heavy atom. The van der Waals surface area contributed by atoms with E-state index in [0.29, 0.717) is 11.5 Å². The van der Waals surface area contributed by atoms with Crippen LogP contribution in [0.15, 0.2) is 75.4 Å². The summed E-state index contributed by atoms with van der Waals surface area (Å²) in [6, 6.07) is 15.7. The van der Waals surface area contributed by atoms with Gasteiger partial charge in [-0.05, 0) is 24.3 Å². The highest BCUT2D eigenvalue weighted by molar-refractivity contribution is 6.01. The van der Waals surface area contributed by atoms with Crippen LogP contribution in [0.2, 0.25) is 0 Å². The fourth-order valence-corrected chi connectivity index (χ4v) is 2.07. The molecular formula is C18H13NO5. The zero-order valence-electron chi connectivity index (χ0n) is 12.4. The summed E-state index contributed by atoms with van der Waals surface area (Å²) >= 11 is 0. The van der Waals surface area contributed by atoms with Gasteiger partial charge in [-0.15, -0.1) is 0 Å². The molecule has 0 saturated heterocycles. The number of benzene rings is 1. The van der Waals surface area contributed by atoms with Crippen molar-refractivity contribution in [2.24, 2.45) is 0 Å². The molecular weight excluding hydrogens is 310 g/mol. The van der Waals surface area contributed by atoms with Crippen molar-refractivity contribution >= 4 is 18.0 Å². The van der Waals surface area contributed by atoms with Gasteiger partial charge in [0, 0.05) is 11.6 Å². The van der Waals surface area contributed by atoms with Crippen molar-refractivity contribution in [1.82, 2.24) is 5.32 Å². The topological polar surface area (TPSA) is 92.7 Å². The maximum atomic E-state index is 11.9. The standard InChI is InChI=1S/C18H13NO5/c20-17(16-7-4-10-23-16)19-14(18(21)22)11-13-8-9-15(24-13)12-5-2-1-3-6-12/h1-11H,(H,19,20)(H,21,22)/b14-11+. The highest BCUT2D eigenvalue weighted by Crippen LogP contribution is 2.22. The molecule has 1 amide bonds. The van der Waals surface area contributed by atoms with Crippen LogP contribution in [-0.4, -0.2) is 17.0 Å². The molecule has 3 rings (SSSR count). The predicted octanol–water partition coefficient (Wildman–Crippen LogP) is 3.40. The van der Waals surface area contributed by atoms with Crippen molar-refractivity contribution in [3.8, 4) is 11.3 Å². The number of hydrogen-bond acceptors (Lipinski definition) is 4. The van der Waals surface area contributed by atoms with Crippen LogP contribution in [0.3, 0.4) is 0 Å². The lowest BCUT2D eigenvalue weighted by molar-refractivity contribution is -0.132. The van der Waals surface area contributed by atoms with Gasteiger partial charge in [-0.2, -0.15) is 0 Å². The van der Waals surface area contributed by atoms with Gasteiger partial charge in [0.25, 0.3) is 5.91 Å². The fraction of sp³-hybridized carbons (Fsp3) is 0. The summed E-state index contributed by atoms with van der Waals surface area (Å²) in [7, 11) is 0. The summed E-state index contributed by atoms with van der Waals surface area (Å²) < 4.78 is 10.5. The summed E-state index contributed by atoms with van der Waals surface area (Å²) in [5.74, 6) is -1.00. The van der Waals surface area contributed by atoms with Gasteiger partial charge in [0.1, 0.15) is 17.2 Å². The highest BCUT2D eigenvalue weighted by Gasteiger charge is 2.16. The average molecular weight is 323 g/mol. The smallest absolute Gasteiger partial charge is 0.352 e. The number of carboxylic acids is 1. The summed E-state index contributed by atoms with van der Waals surface area (Å²) in [5, 5.41) is 11.5. The number of carbonyl (C=O) groups is 2. The minimum atomic E-state index is -1.28.